The van der Waals surface area contributed by atoms with E-state index in [-0.39, 0.29) is 18.9 Å². The van der Waals surface area contributed by atoms with Crippen LogP contribution in [0.25, 0.3) is 0 Å². The molecule has 202 valence electrons. The standard InChI is InChI=1S/C31H32N2O6/c1-5-9-26-29(30(34)32(26)20-23-14-17-25(38-3)19-28(23)39-4)33(31(35)36)27(18-21-10-7-6-8-11-21)22-12-15-24(37-2)16-13-22/h1,6-8,10-17,19,26-27,29H,9,18,20H2,2-4H3,(H,35,36)/t26-,27?,29+/m1/s1. The molecule has 1 unspecified atom stereocenters. The highest BCUT2D eigenvalue weighted by atomic mass is 16.5. The van der Waals surface area contributed by atoms with Gasteiger partial charge in [-0.15, -0.1) is 12.3 Å². The second-order valence-electron chi connectivity index (χ2n) is 9.23. The smallest absolute Gasteiger partial charge is 0.408 e. The molecule has 0 bridgehead atoms. The first-order chi connectivity index (χ1) is 18.9. The van der Waals surface area contributed by atoms with Gasteiger partial charge in [0.25, 0.3) is 0 Å². The minimum absolute atomic E-state index is 0.208. The van der Waals surface area contributed by atoms with Crippen molar-refractivity contribution in [3.05, 3.63) is 89.5 Å². The molecule has 1 fully saturated rings. The molecule has 4 rings (SSSR count). The fraction of sp³-hybridized carbons (Fsp3) is 0.290. The summed E-state index contributed by atoms with van der Waals surface area (Å²) in [6.07, 6.45) is 5.11. The molecule has 0 saturated carbocycles. The zero-order chi connectivity index (χ0) is 27.9. The summed E-state index contributed by atoms with van der Waals surface area (Å²) in [5, 5.41) is 10.5. The number of terminal acetylenes is 1. The van der Waals surface area contributed by atoms with E-state index < -0.39 is 24.2 Å². The van der Waals surface area contributed by atoms with Gasteiger partial charge >= 0.3 is 6.09 Å². The van der Waals surface area contributed by atoms with Gasteiger partial charge in [0.1, 0.15) is 23.3 Å². The summed E-state index contributed by atoms with van der Waals surface area (Å²) in [5.74, 6) is 4.19. The summed E-state index contributed by atoms with van der Waals surface area (Å²) in [5.41, 5.74) is 2.47. The topological polar surface area (TPSA) is 88.5 Å². The molecule has 39 heavy (non-hydrogen) atoms. The van der Waals surface area contributed by atoms with E-state index in [2.05, 4.69) is 5.92 Å². The minimum atomic E-state index is -1.19. The van der Waals surface area contributed by atoms with Gasteiger partial charge in [0.2, 0.25) is 5.91 Å². The van der Waals surface area contributed by atoms with Crippen molar-refractivity contribution in [3.8, 4) is 29.6 Å². The SMILES string of the molecule is C#CC[C@@H]1[C@H](N(C(=O)O)C(Cc2ccccc2)c2ccc(OC)cc2)C(=O)N1Cc1ccc(OC)cc1OC. The van der Waals surface area contributed by atoms with Crippen LogP contribution in [0.5, 0.6) is 17.2 Å². The number of nitrogens with zero attached hydrogens (tertiary/aromatic N) is 2. The van der Waals surface area contributed by atoms with Crippen LogP contribution in [-0.2, 0) is 17.8 Å². The molecule has 1 aliphatic rings. The van der Waals surface area contributed by atoms with Gasteiger partial charge in [-0.3, -0.25) is 9.69 Å². The summed E-state index contributed by atoms with van der Waals surface area (Å²) in [6, 6.07) is 20.2. The van der Waals surface area contributed by atoms with Gasteiger partial charge in [0.15, 0.2) is 0 Å². The molecule has 0 spiro atoms. The van der Waals surface area contributed by atoms with Gasteiger partial charge < -0.3 is 24.2 Å². The van der Waals surface area contributed by atoms with Crippen molar-refractivity contribution in [2.75, 3.05) is 21.3 Å². The highest BCUT2D eigenvalue weighted by molar-refractivity contribution is 5.92. The van der Waals surface area contributed by atoms with Crippen molar-refractivity contribution in [2.45, 2.75) is 37.5 Å². The zero-order valence-corrected chi connectivity index (χ0v) is 22.2. The maximum Gasteiger partial charge on any atom is 0.408 e. The highest BCUT2D eigenvalue weighted by Gasteiger charge is 2.53. The van der Waals surface area contributed by atoms with Crippen LogP contribution in [0.1, 0.15) is 29.2 Å². The lowest BCUT2D eigenvalue weighted by Gasteiger charge is -2.52. The number of ether oxygens (including phenoxy) is 3. The van der Waals surface area contributed by atoms with E-state index in [9.17, 15) is 14.7 Å². The third kappa shape index (κ3) is 5.78. The molecule has 8 heteroatoms. The highest BCUT2D eigenvalue weighted by Crippen LogP contribution is 2.38. The Labute approximate surface area is 228 Å². The van der Waals surface area contributed by atoms with Crippen LogP contribution in [0.4, 0.5) is 4.79 Å². The third-order valence-corrected chi connectivity index (χ3v) is 7.09. The number of β-lactam (4-membered cyclic amide) rings is 1. The van der Waals surface area contributed by atoms with Crippen molar-refractivity contribution >= 4 is 12.0 Å². The normalized spacial score (nSPS) is 17.0. The largest absolute Gasteiger partial charge is 0.497 e. The van der Waals surface area contributed by atoms with Crippen LogP contribution in [-0.4, -0.2) is 60.3 Å². The maximum absolute atomic E-state index is 13.7. The van der Waals surface area contributed by atoms with Gasteiger partial charge in [-0.25, -0.2) is 4.79 Å². The number of hydrogen-bond acceptors (Lipinski definition) is 5. The quantitative estimate of drug-likeness (QED) is 0.285. The predicted molar refractivity (Wildman–Crippen MR) is 147 cm³/mol. The summed E-state index contributed by atoms with van der Waals surface area (Å²) in [6.45, 7) is 0.230. The predicted octanol–water partition coefficient (Wildman–Crippen LogP) is 4.78. The minimum Gasteiger partial charge on any atom is -0.497 e. The summed E-state index contributed by atoms with van der Waals surface area (Å²) >= 11 is 0. The van der Waals surface area contributed by atoms with Crippen molar-refractivity contribution in [2.24, 2.45) is 0 Å². The number of methoxy groups -OCH3 is 3. The van der Waals surface area contributed by atoms with Crippen LogP contribution in [0.2, 0.25) is 0 Å². The van der Waals surface area contributed by atoms with Crippen LogP contribution in [0, 0.1) is 12.3 Å². The van der Waals surface area contributed by atoms with Gasteiger partial charge in [-0.1, -0.05) is 42.5 Å². The second kappa shape index (κ2) is 12.3. The molecule has 0 aliphatic carbocycles. The number of benzene rings is 3. The molecule has 3 aromatic carbocycles. The summed E-state index contributed by atoms with van der Waals surface area (Å²) in [7, 11) is 4.69. The molecule has 0 aromatic heterocycles. The van der Waals surface area contributed by atoms with Crippen molar-refractivity contribution in [1.82, 2.24) is 9.80 Å². The monoisotopic (exact) mass is 528 g/mol. The summed E-state index contributed by atoms with van der Waals surface area (Å²) in [4.78, 5) is 29.4. The number of carbonyl (C=O) groups is 2. The molecule has 2 amide bonds. The lowest BCUT2D eigenvalue weighted by molar-refractivity contribution is -0.160. The fourth-order valence-electron chi connectivity index (χ4n) is 5.08. The molecule has 1 heterocycles. The zero-order valence-electron chi connectivity index (χ0n) is 22.2. The lowest BCUT2D eigenvalue weighted by atomic mass is 9.86. The van der Waals surface area contributed by atoms with Crippen molar-refractivity contribution in [1.29, 1.82) is 0 Å². The Morgan fingerprint density at radius 3 is 2.26 bits per heavy atom. The molecule has 1 N–H and O–H groups in total. The number of likely N-dealkylation sites (tertiary alicyclic amines) is 1. The van der Waals surface area contributed by atoms with Crippen LogP contribution >= 0.6 is 0 Å². The van der Waals surface area contributed by atoms with Gasteiger partial charge in [0, 0.05) is 24.6 Å². The van der Waals surface area contributed by atoms with E-state index in [4.69, 9.17) is 20.6 Å². The first kappa shape index (κ1) is 27.4. The Kier molecular flexibility index (Phi) is 8.62. The van der Waals surface area contributed by atoms with Crippen LogP contribution < -0.4 is 14.2 Å². The molecular formula is C31H32N2O6. The molecule has 1 aliphatic heterocycles. The van der Waals surface area contributed by atoms with E-state index in [0.29, 0.717) is 23.7 Å². The Hall–Kier alpha value is -4.64. The number of carboxylic acid groups (broad SMARTS) is 1. The first-order valence-electron chi connectivity index (χ1n) is 12.6. The number of amides is 2. The van der Waals surface area contributed by atoms with Crippen molar-refractivity contribution in [3.63, 3.8) is 0 Å². The average molecular weight is 529 g/mol. The summed E-state index contributed by atoms with van der Waals surface area (Å²) < 4.78 is 16.1. The average Bonchev–Trinajstić information content (AvgIpc) is 2.97. The Morgan fingerprint density at radius 2 is 1.67 bits per heavy atom. The fourth-order valence-corrected chi connectivity index (χ4v) is 5.08. The molecule has 1 saturated heterocycles. The Balaban J connectivity index is 1.69. The van der Waals surface area contributed by atoms with E-state index in [1.54, 1.807) is 50.5 Å². The molecule has 3 atom stereocenters. The number of hydrogen-bond donors (Lipinski definition) is 1. The second-order valence-corrected chi connectivity index (χ2v) is 9.23. The van der Waals surface area contributed by atoms with Crippen molar-refractivity contribution < 1.29 is 28.9 Å². The van der Waals surface area contributed by atoms with E-state index >= 15 is 0 Å². The molecule has 0 radical (unpaired) electrons. The molecule has 3 aromatic rings. The lowest BCUT2D eigenvalue weighted by Crippen LogP contribution is -2.71. The Bertz CT molecular complexity index is 1340. The van der Waals surface area contributed by atoms with Crippen LogP contribution in [0.15, 0.2) is 72.8 Å². The number of carbonyl (C=O) groups excluding carboxylic acids is 1. The van der Waals surface area contributed by atoms with Crippen LogP contribution in [0.3, 0.4) is 0 Å². The van der Waals surface area contributed by atoms with Gasteiger partial charge in [-0.05, 0) is 41.8 Å². The van der Waals surface area contributed by atoms with E-state index in [0.717, 1.165) is 16.7 Å². The number of rotatable bonds is 11. The molecule has 8 nitrogen and oxygen atoms in total. The Morgan fingerprint density at radius 1 is 1.00 bits per heavy atom. The maximum atomic E-state index is 13.7. The van der Waals surface area contributed by atoms with E-state index in [1.165, 1.54) is 4.90 Å². The molecular weight excluding hydrogens is 496 g/mol. The van der Waals surface area contributed by atoms with Gasteiger partial charge in [0.05, 0.1) is 33.4 Å². The third-order valence-electron chi connectivity index (χ3n) is 7.09. The van der Waals surface area contributed by atoms with Gasteiger partial charge in [-0.2, -0.15) is 0 Å². The first-order valence-corrected chi connectivity index (χ1v) is 12.6. The van der Waals surface area contributed by atoms with E-state index in [1.807, 2.05) is 48.5 Å².